The minimum atomic E-state index is -0.307. The molecule has 0 saturated heterocycles. The highest BCUT2D eigenvalue weighted by Gasteiger charge is 2.14. The van der Waals surface area contributed by atoms with E-state index in [0.717, 1.165) is 10.9 Å². The number of H-pyrrole nitrogens is 1. The number of nitrogens with zero attached hydrogens (tertiary/aromatic N) is 2. The number of carbonyl (C=O) groups excluding carboxylic acids is 1. The predicted octanol–water partition coefficient (Wildman–Crippen LogP) is 3.63. The summed E-state index contributed by atoms with van der Waals surface area (Å²) >= 11 is 9.06. The number of rotatable bonds is 2. The van der Waals surface area contributed by atoms with Gasteiger partial charge in [0.15, 0.2) is 5.69 Å². The molecule has 2 aromatic heterocycles. The first-order chi connectivity index (χ1) is 9.65. The molecule has 2 N–H and O–H groups in total. The van der Waals surface area contributed by atoms with Crippen molar-refractivity contribution in [3.8, 4) is 0 Å². The molecule has 0 atom stereocenters. The van der Waals surface area contributed by atoms with Gasteiger partial charge in [0, 0.05) is 5.39 Å². The van der Waals surface area contributed by atoms with Gasteiger partial charge in [0.2, 0.25) is 0 Å². The van der Waals surface area contributed by atoms with E-state index in [1.807, 2.05) is 24.3 Å². The number of amides is 1. The van der Waals surface area contributed by atoms with Crippen LogP contribution in [0.25, 0.3) is 10.9 Å². The Balaban J connectivity index is 1.91. The van der Waals surface area contributed by atoms with Crippen LogP contribution in [0.3, 0.4) is 0 Å². The lowest BCUT2D eigenvalue weighted by Crippen LogP contribution is -2.13. The van der Waals surface area contributed by atoms with E-state index in [1.165, 1.54) is 6.20 Å². The maximum absolute atomic E-state index is 12.2. The van der Waals surface area contributed by atoms with Gasteiger partial charge in [0.25, 0.3) is 5.91 Å². The zero-order chi connectivity index (χ0) is 14.1. The second-order valence-corrected chi connectivity index (χ2v) is 5.28. The lowest BCUT2D eigenvalue weighted by Gasteiger charge is -2.04. The number of halogens is 2. The maximum Gasteiger partial charge on any atom is 0.276 e. The van der Waals surface area contributed by atoms with Gasteiger partial charge in [-0.2, -0.15) is 5.10 Å². The lowest BCUT2D eigenvalue weighted by molar-refractivity contribution is 0.102. The standard InChI is InChI=1S/C13H8BrClN4O/c14-9-5-7(6-16-12(9)15)17-13(20)11-8-3-1-2-4-10(8)18-19-11/h1-6H,(H,17,20)(H,18,19). The molecule has 0 bridgehead atoms. The number of carbonyl (C=O) groups is 1. The third-order valence-electron chi connectivity index (χ3n) is 2.74. The highest BCUT2D eigenvalue weighted by molar-refractivity contribution is 9.10. The first kappa shape index (κ1) is 13.1. The molecule has 100 valence electrons. The zero-order valence-electron chi connectivity index (χ0n) is 10.0. The van der Waals surface area contributed by atoms with Gasteiger partial charge in [-0.25, -0.2) is 4.98 Å². The summed E-state index contributed by atoms with van der Waals surface area (Å²) in [5.74, 6) is -0.307. The van der Waals surface area contributed by atoms with Crippen molar-refractivity contribution in [2.75, 3.05) is 5.32 Å². The first-order valence-electron chi connectivity index (χ1n) is 5.70. The minimum absolute atomic E-state index is 0.307. The molecule has 0 radical (unpaired) electrons. The van der Waals surface area contributed by atoms with Gasteiger partial charge in [-0.3, -0.25) is 9.89 Å². The van der Waals surface area contributed by atoms with E-state index in [4.69, 9.17) is 11.6 Å². The molecule has 20 heavy (non-hydrogen) atoms. The van der Waals surface area contributed by atoms with Gasteiger partial charge in [-0.05, 0) is 28.1 Å². The summed E-state index contributed by atoms with van der Waals surface area (Å²) in [6, 6.07) is 9.11. The summed E-state index contributed by atoms with van der Waals surface area (Å²) in [6.45, 7) is 0. The van der Waals surface area contributed by atoms with Crippen LogP contribution in [0.5, 0.6) is 0 Å². The molecular formula is C13H8BrClN4O. The first-order valence-corrected chi connectivity index (χ1v) is 6.88. The van der Waals surface area contributed by atoms with Crippen LogP contribution in [-0.2, 0) is 0 Å². The number of fused-ring (bicyclic) bond motifs is 1. The summed E-state index contributed by atoms with van der Waals surface area (Å²) in [4.78, 5) is 16.2. The number of aromatic nitrogens is 3. The molecule has 0 fully saturated rings. The molecule has 0 unspecified atom stereocenters. The smallest absolute Gasteiger partial charge is 0.276 e. The average molecular weight is 352 g/mol. The topological polar surface area (TPSA) is 70.7 Å². The third kappa shape index (κ3) is 2.39. The number of nitrogens with one attached hydrogen (secondary N) is 2. The second-order valence-electron chi connectivity index (χ2n) is 4.07. The lowest BCUT2D eigenvalue weighted by atomic mass is 10.2. The Morgan fingerprint density at radius 1 is 1.35 bits per heavy atom. The fourth-order valence-corrected chi connectivity index (χ4v) is 2.27. The van der Waals surface area contributed by atoms with Gasteiger partial charge in [0.05, 0.1) is 21.9 Å². The Hall–Kier alpha value is -1.92. The maximum atomic E-state index is 12.2. The second kappa shape index (κ2) is 5.22. The molecule has 5 nitrogen and oxygen atoms in total. The Bertz CT molecular complexity index is 802. The summed E-state index contributed by atoms with van der Waals surface area (Å²) in [5, 5.41) is 10.7. The van der Waals surface area contributed by atoms with E-state index in [2.05, 4.69) is 36.4 Å². The SMILES string of the molecule is O=C(Nc1cnc(Cl)c(Br)c1)c1n[nH]c2ccccc12. The van der Waals surface area contributed by atoms with Crippen molar-refractivity contribution in [1.82, 2.24) is 15.2 Å². The summed E-state index contributed by atoms with van der Waals surface area (Å²) in [6.07, 6.45) is 1.49. The van der Waals surface area contributed by atoms with Gasteiger partial charge in [-0.1, -0.05) is 29.8 Å². The van der Waals surface area contributed by atoms with E-state index < -0.39 is 0 Å². The van der Waals surface area contributed by atoms with E-state index in [-0.39, 0.29) is 5.91 Å². The number of anilines is 1. The van der Waals surface area contributed by atoms with Gasteiger partial charge >= 0.3 is 0 Å². The van der Waals surface area contributed by atoms with Crippen LogP contribution in [0.4, 0.5) is 5.69 Å². The van der Waals surface area contributed by atoms with Gasteiger partial charge in [-0.15, -0.1) is 0 Å². The number of para-hydroxylation sites is 1. The monoisotopic (exact) mass is 350 g/mol. The van der Waals surface area contributed by atoms with E-state index in [9.17, 15) is 4.79 Å². The van der Waals surface area contributed by atoms with Crippen LogP contribution in [0, 0.1) is 0 Å². The zero-order valence-corrected chi connectivity index (χ0v) is 12.4. The fourth-order valence-electron chi connectivity index (χ4n) is 1.82. The molecule has 3 aromatic rings. The molecule has 0 aliphatic heterocycles. The Morgan fingerprint density at radius 3 is 2.95 bits per heavy atom. The Labute approximate surface area is 127 Å². The molecule has 7 heteroatoms. The number of benzene rings is 1. The molecule has 0 spiro atoms. The minimum Gasteiger partial charge on any atom is -0.319 e. The van der Waals surface area contributed by atoms with Crippen LogP contribution >= 0.6 is 27.5 Å². The quantitative estimate of drug-likeness (QED) is 0.693. The Kier molecular flexibility index (Phi) is 3.42. The molecule has 0 aliphatic rings. The number of hydrogen-bond acceptors (Lipinski definition) is 3. The van der Waals surface area contributed by atoms with Gasteiger partial charge in [0.1, 0.15) is 5.15 Å². The highest BCUT2D eigenvalue weighted by atomic mass is 79.9. The van der Waals surface area contributed by atoms with Crippen LogP contribution in [-0.4, -0.2) is 21.1 Å². The normalized spacial score (nSPS) is 10.7. The van der Waals surface area contributed by atoms with Crippen molar-refractivity contribution in [2.45, 2.75) is 0 Å². The van der Waals surface area contributed by atoms with Crippen molar-refractivity contribution in [3.05, 3.63) is 51.8 Å². The van der Waals surface area contributed by atoms with Gasteiger partial charge < -0.3 is 5.32 Å². The molecule has 0 aliphatic carbocycles. The third-order valence-corrected chi connectivity index (χ3v) is 3.87. The Morgan fingerprint density at radius 2 is 2.15 bits per heavy atom. The van der Waals surface area contributed by atoms with Crippen molar-refractivity contribution in [1.29, 1.82) is 0 Å². The van der Waals surface area contributed by atoms with E-state index in [1.54, 1.807) is 6.07 Å². The van der Waals surface area contributed by atoms with E-state index in [0.29, 0.717) is 21.0 Å². The van der Waals surface area contributed by atoms with Crippen molar-refractivity contribution in [3.63, 3.8) is 0 Å². The summed E-state index contributed by atoms with van der Waals surface area (Å²) in [5.41, 5.74) is 1.69. The van der Waals surface area contributed by atoms with Crippen molar-refractivity contribution < 1.29 is 4.79 Å². The predicted molar refractivity (Wildman–Crippen MR) is 81.0 cm³/mol. The number of hydrogen-bond donors (Lipinski definition) is 2. The largest absolute Gasteiger partial charge is 0.319 e. The molecule has 1 aromatic carbocycles. The summed E-state index contributed by atoms with van der Waals surface area (Å²) < 4.78 is 0.615. The van der Waals surface area contributed by atoms with Crippen molar-refractivity contribution in [2.24, 2.45) is 0 Å². The number of pyridine rings is 1. The van der Waals surface area contributed by atoms with E-state index >= 15 is 0 Å². The van der Waals surface area contributed by atoms with Crippen molar-refractivity contribution >= 4 is 50.0 Å². The van der Waals surface area contributed by atoms with Crippen LogP contribution in [0.2, 0.25) is 5.15 Å². The van der Waals surface area contributed by atoms with Crippen LogP contribution < -0.4 is 5.32 Å². The van der Waals surface area contributed by atoms with Crippen LogP contribution in [0.15, 0.2) is 41.0 Å². The fraction of sp³-hybridized carbons (Fsp3) is 0. The molecule has 3 rings (SSSR count). The number of aromatic amines is 1. The molecular weight excluding hydrogens is 344 g/mol. The molecule has 1 amide bonds. The highest BCUT2D eigenvalue weighted by Crippen LogP contribution is 2.23. The molecule has 2 heterocycles. The summed E-state index contributed by atoms with van der Waals surface area (Å²) in [7, 11) is 0. The average Bonchev–Trinajstić information content (AvgIpc) is 2.87. The van der Waals surface area contributed by atoms with Crippen LogP contribution in [0.1, 0.15) is 10.5 Å². The molecule has 0 saturated carbocycles.